The number of esters is 1. The molecule has 0 spiro atoms. The molecule has 1 rings (SSSR count). The van der Waals surface area contributed by atoms with E-state index in [1.807, 2.05) is 0 Å². The average Bonchev–Trinajstić information content (AvgIpc) is 1.96. The van der Waals surface area contributed by atoms with Crippen LogP contribution in [0.5, 0.6) is 0 Å². The summed E-state index contributed by atoms with van der Waals surface area (Å²) >= 11 is 0. The van der Waals surface area contributed by atoms with Crippen LogP contribution in [-0.2, 0) is 9.53 Å². The topological polar surface area (TPSA) is 26.3 Å². The molecule has 0 amide bonds. The summed E-state index contributed by atoms with van der Waals surface area (Å²) in [5.74, 6) is 2.49. The van der Waals surface area contributed by atoms with Gasteiger partial charge in [-0.15, -0.1) is 6.42 Å². The summed E-state index contributed by atoms with van der Waals surface area (Å²) in [4.78, 5) is 10.9. The Kier molecular flexibility index (Phi) is 2.19. The number of carbonyl (C=O) groups excluding carboxylic acids is 1. The summed E-state index contributed by atoms with van der Waals surface area (Å²) in [6, 6.07) is 0. The van der Waals surface area contributed by atoms with Crippen molar-refractivity contribution in [1.29, 1.82) is 0 Å². The second kappa shape index (κ2) is 2.96. The number of rotatable bonds is 2. The highest BCUT2D eigenvalue weighted by Gasteiger charge is 2.37. The standard InChI is InChI=1S/C9H12O2/c1-3-9(5-4-6-9)7-8(10)11-2/h1H,4-7H2,2H3. The molecule has 0 heterocycles. The van der Waals surface area contributed by atoms with E-state index in [9.17, 15) is 4.79 Å². The molecule has 11 heavy (non-hydrogen) atoms. The van der Waals surface area contributed by atoms with Crippen LogP contribution in [0.3, 0.4) is 0 Å². The molecule has 0 aromatic rings. The highest BCUT2D eigenvalue weighted by Crippen LogP contribution is 2.43. The predicted molar refractivity (Wildman–Crippen MR) is 41.8 cm³/mol. The van der Waals surface area contributed by atoms with Gasteiger partial charge >= 0.3 is 5.97 Å². The number of hydrogen-bond acceptors (Lipinski definition) is 2. The molecule has 0 aliphatic heterocycles. The van der Waals surface area contributed by atoms with Crippen LogP contribution in [0.15, 0.2) is 0 Å². The van der Waals surface area contributed by atoms with Gasteiger partial charge in [0.2, 0.25) is 0 Å². The molecule has 0 unspecified atom stereocenters. The molecule has 0 saturated heterocycles. The Hall–Kier alpha value is -0.970. The first-order valence-electron chi connectivity index (χ1n) is 3.77. The van der Waals surface area contributed by atoms with Crippen LogP contribution in [0, 0.1) is 17.8 Å². The summed E-state index contributed by atoms with van der Waals surface area (Å²) in [5.41, 5.74) is -0.160. The maximum absolute atomic E-state index is 10.9. The Bertz CT molecular complexity index is 196. The summed E-state index contributed by atoms with van der Waals surface area (Å²) < 4.78 is 4.55. The molecule has 0 radical (unpaired) electrons. The lowest BCUT2D eigenvalue weighted by molar-refractivity contribution is -0.143. The van der Waals surface area contributed by atoms with Crippen molar-refractivity contribution in [3.05, 3.63) is 0 Å². The lowest BCUT2D eigenvalue weighted by Crippen LogP contribution is -2.30. The van der Waals surface area contributed by atoms with E-state index in [1.54, 1.807) is 0 Å². The third kappa shape index (κ3) is 1.54. The second-order valence-electron chi connectivity index (χ2n) is 3.03. The van der Waals surface area contributed by atoms with Crippen molar-refractivity contribution in [2.75, 3.05) is 7.11 Å². The molecule has 60 valence electrons. The first-order valence-corrected chi connectivity index (χ1v) is 3.77. The monoisotopic (exact) mass is 152 g/mol. The second-order valence-corrected chi connectivity index (χ2v) is 3.03. The fourth-order valence-electron chi connectivity index (χ4n) is 1.32. The molecule has 1 aliphatic carbocycles. The molecule has 0 N–H and O–H groups in total. The Balaban J connectivity index is 2.46. The average molecular weight is 152 g/mol. The van der Waals surface area contributed by atoms with Crippen LogP contribution in [-0.4, -0.2) is 13.1 Å². The van der Waals surface area contributed by atoms with Crippen molar-refractivity contribution in [3.63, 3.8) is 0 Å². The molecular weight excluding hydrogens is 140 g/mol. The smallest absolute Gasteiger partial charge is 0.307 e. The van der Waals surface area contributed by atoms with E-state index in [2.05, 4.69) is 10.7 Å². The Labute approximate surface area is 66.9 Å². The molecule has 1 fully saturated rings. The first-order chi connectivity index (χ1) is 5.22. The van der Waals surface area contributed by atoms with Crippen LogP contribution in [0.25, 0.3) is 0 Å². The molecule has 2 nitrogen and oxygen atoms in total. The van der Waals surface area contributed by atoms with E-state index in [0.29, 0.717) is 6.42 Å². The van der Waals surface area contributed by atoms with Gasteiger partial charge in [-0.05, 0) is 12.8 Å². The van der Waals surface area contributed by atoms with Gasteiger partial charge in [-0.2, -0.15) is 0 Å². The van der Waals surface area contributed by atoms with Gasteiger partial charge in [0.25, 0.3) is 0 Å². The summed E-state index contributed by atoms with van der Waals surface area (Å²) in [6.07, 6.45) is 8.78. The fourth-order valence-corrected chi connectivity index (χ4v) is 1.32. The van der Waals surface area contributed by atoms with Gasteiger partial charge in [0.1, 0.15) is 0 Å². The molecule has 0 aromatic heterocycles. The minimum absolute atomic E-state index is 0.160. The van der Waals surface area contributed by atoms with Crippen molar-refractivity contribution in [2.24, 2.45) is 5.41 Å². The SMILES string of the molecule is C#CC1(CC(=O)OC)CCC1. The maximum Gasteiger partial charge on any atom is 0.307 e. The van der Waals surface area contributed by atoms with Crippen molar-refractivity contribution >= 4 is 5.97 Å². The Morgan fingerprint density at radius 1 is 1.73 bits per heavy atom. The van der Waals surface area contributed by atoms with E-state index in [-0.39, 0.29) is 11.4 Å². The number of ether oxygens (including phenoxy) is 1. The lowest BCUT2D eigenvalue weighted by atomic mass is 9.67. The third-order valence-corrected chi connectivity index (χ3v) is 2.33. The molecular formula is C9H12O2. The molecule has 1 aliphatic rings. The largest absolute Gasteiger partial charge is 0.469 e. The van der Waals surface area contributed by atoms with E-state index < -0.39 is 0 Å². The minimum Gasteiger partial charge on any atom is -0.469 e. The van der Waals surface area contributed by atoms with E-state index in [4.69, 9.17) is 6.42 Å². The Morgan fingerprint density at radius 2 is 2.36 bits per heavy atom. The van der Waals surface area contributed by atoms with Gasteiger partial charge in [0.15, 0.2) is 0 Å². The van der Waals surface area contributed by atoms with E-state index in [1.165, 1.54) is 7.11 Å². The van der Waals surface area contributed by atoms with Crippen LogP contribution >= 0.6 is 0 Å². The van der Waals surface area contributed by atoms with Crippen LogP contribution in [0.4, 0.5) is 0 Å². The normalized spacial score (nSPS) is 19.6. The van der Waals surface area contributed by atoms with Gasteiger partial charge in [-0.3, -0.25) is 4.79 Å². The predicted octanol–water partition coefficient (Wildman–Crippen LogP) is 1.35. The van der Waals surface area contributed by atoms with Crippen LogP contribution in [0.2, 0.25) is 0 Å². The maximum atomic E-state index is 10.9. The van der Waals surface area contributed by atoms with Crippen molar-refractivity contribution < 1.29 is 9.53 Å². The van der Waals surface area contributed by atoms with Crippen molar-refractivity contribution in [2.45, 2.75) is 25.7 Å². The number of hydrogen-bond donors (Lipinski definition) is 0. The summed E-state index contributed by atoms with van der Waals surface area (Å²) in [5, 5.41) is 0. The summed E-state index contributed by atoms with van der Waals surface area (Å²) in [6.45, 7) is 0. The highest BCUT2D eigenvalue weighted by molar-refractivity contribution is 5.71. The first kappa shape index (κ1) is 8.13. The zero-order valence-corrected chi connectivity index (χ0v) is 6.72. The molecule has 2 heteroatoms. The number of carbonyl (C=O) groups is 1. The molecule has 0 atom stereocenters. The fraction of sp³-hybridized carbons (Fsp3) is 0.667. The van der Waals surface area contributed by atoms with Crippen molar-refractivity contribution in [1.82, 2.24) is 0 Å². The van der Waals surface area contributed by atoms with Crippen LogP contribution in [0.1, 0.15) is 25.7 Å². The minimum atomic E-state index is -0.192. The molecule has 0 aromatic carbocycles. The number of methoxy groups -OCH3 is 1. The van der Waals surface area contributed by atoms with Gasteiger partial charge in [-0.1, -0.05) is 12.3 Å². The number of terminal acetylenes is 1. The summed E-state index contributed by atoms with van der Waals surface area (Å²) in [7, 11) is 1.39. The van der Waals surface area contributed by atoms with Gasteiger partial charge in [-0.25, -0.2) is 0 Å². The van der Waals surface area contributed by atoms with E-state index in [0.717, 1.165) is 19.3 Å². The Morgan fingerprint density at radius 3 is 2.64 bits per heavy atom. The molecule has 1 saturated carbocycles. The van der Waals surface area contributed by atoms with Crippen molar-refractivity contribution in [3.8, 4) is 12.3 Å². The van der Waals surface area contributed by atoms with Gasteiger partial charge < -0.3 is 4.74 Å². The highest BCUT2D eigenvalue weighted by atomic mass is 16.5. The zero-order valence-electron chi connectivity index (χ0n) is 6.72. The zero-order chi connectivity index (χ0) is 8.32. The van der Waals surface area contributed by atoms with Crippen LogP contribution < -0.4 is 0 Å². The third-order valence-electron chi connectivity index (χ3n) is 2.33. The van der Waals surface area contributed by atoms with E-state index >= 15 is 0 Å². The quantitative estimate of drug-likeness (QED) is 0.441. The molecule has 0 bridgehead atoms. The van der Waals surface area contributed by atoms with Gasteiger partial charge in [0.05, 0.1) is 13.5 Å². The van der Waals surface area contributed by atoms with Gasteiger partial charge in [0, 0.05) is 5.41 Å². The lowest BCUT2D eigenvalue weighted by Gasteiger charge is -2.35.